The highest BCUT2D eigenvalue weighted by Gasteiger charge is 2.37. The van der Waals surface area contributed by atoms with Crippen molar-refractivity contribution in [2.75, 3.05) is 32.6 Å². The molecule has 0 unspecified atom stereocenters. The molecule has 210 valence electrons. The molecule has 2 N–H and O–H groups in total. The smallest absolute Gasteiger partial charge is 0.423 e. The monoisotopic (exact) mass is 575 g/mol. The first-order valence-electron chi connectivity index (χ1n) is 12.4. The van der Waals surface area contributed by atoms with Crippen molar-refractivity contribution in [3.05, 3.63) is 63.8 Å². The molecular formula is C27H25ClF3N5O4. The number of anilines is 2. The van der Waals surface area contributed by atoms with Crippen LogP contribution in [0.3, 0.4) is 0 Å². The average molecular weight is 576 g/mol. The number of Topliss-reactive ketones (excluding diaryl/α,β-unsaturated/α-hetero) is 1. The predicted molar refractivity (Wildman–Crippen MR) is 141 cm³/mol. The Morgan fingerprint density at radius 1 is 1.20 bits per heavy atom. The summed E-state index contributed by atoms with van der Waals surface area (Å²) in [5.74, 6) is -1.44. The maximum Gasteiger partial charge on any atom is 0.423 e. The van der Waals surface area contributed by atoms with Crippen molar-refractivity contribution in [2.24, 2.45) is 0 Å². The lowest BCUT2D eigenvalue weighted by molar-refractivity contribution is -0.139. The molecule has 40 heavy (non-hydrogen) atoms. The zero-order chi connectivity index (χ0) is 28.6. The highest BCUT2D eigenvalue weighted by atomic mass is 35.5. The summed E-state index contributed by atoms with van der Waals surface area (Å²) in [6.45, 7) is 1.59. The molecule has 0 saturated carbocycles. The molecule has 2 aromatic carbocycles. The molecule has 1 amide bonds. The second-order valence-electron chi connectivity index (χ2n) is 9.60. The van der Waals surface area contributed by atoms with Gasteiger partial charge in [0.05, 0.1) is 28.9 Å². The van der Waals surface area contributed by atoms with Crippen LogP contribution in [0.2, 0.25) is 5.02 Å². The fourth-order valence-corrected chi connectivity index (χ4v) is 5.04. The molecular weight excluding hydrogens is 551 g/mol. The topological polar surface area (TPSA) is 106 Å². The summed E-state index contributed by atoms with van der Waals surface area (Å²) in [6.07, 6.45) is -2.68. The van der Waals surface area contributed by atoms with E-state index < -0.39 is 17.6 Å². The van der Waals surface area contributed by atoms with Crippen molar-refractivity contribution >= 4 is 34.9 Å². The van der Waals surface area contributed by atoms with E-state index in [4.69, 9.17) is 21.1 Å². The number of fused-ring (bicyclic) bond motifs is 1. The number of ether oxygens (including phenoxy) is 2. The van der Waals surface area contributed by atoms with Crippen molar-refractivity contribution in [1.82, 2.24) is 20.2 Å². The number of likely N-dealkylation sites (tertiary alicyclic amines) is 1. The molecule has 3 aromatic rings. The Morgan fingerprint density at radius 2 is 2.00 bits per heavy atom. The van der Waals surface area contributed by atoms with Crippen molar-refractivity contribution in [1.29, 1.82) is 0 Å². The molecule has 1 saturated heterocycles. The Morgan fingerprint density at radius 3 is 2.70 bits per heavy atom. The molecule has 5 rings (SSSR count). The van der Waals surface area contributed by atoms with Crippen LogP contribution in [0.15, 0.2) is 36.5 Å². The Balaban J connectivity index is 1.44. The molecule has 1 aliphatic heterocycles. The zero-order valence-electron chi connectivity index (χ0n) is 21.6. The number of halogens is 4. The maximum atomic E-state index is 13.8. The Kier molecular flexibility index (Phi) is 7.56. The number of aromatic nitrogens is 2. The number of aryl methyl sites for hydroxylation is 1. The van der Waals surface area contributed by atoms with E-state index in [1.54, 1.807) is 12.1 Å². The van der Waals surface area contributed by atoms with Gasteiger partial charge in [0.2, 0.25) is 11.8 Å². The Labute approximate surface area is 232 Å². The number of methoxy groups -OCH3 is 1. The molecule has 13 heteroatoms. The molecule has 2 heterocycles. The van der Waals surface area contributed by atoms with Gasteiger partial charge in [0.15, 0.2) is 5.78 Å². The summed E-state index contributed by atoms with van der Waals surface area (Å²) in [5, 5.41) is 5.83. The van der Waals surface area contributed by atoms with Gasteiger partial charge in [0, 0.05) is 25.2 Å². The van der Waals surface area contributed by atoms with Gasteiger partial charge in [-0.2, -0.15) is 18.2 Å². The minimum Gasteiger partial charge on any atom is -0.495 e. The lowest BCUT2D eigenvalue weighted by Crippen LogP contribution is -2.36. The van der Waals surface area contributed by atoms with Crippen LogP contribution in [-0.2, 0) is 12.6 Å². The molecule has 1 aromatic heterocycles. The number of alkyl halides is 3. The number of nitrogens with one attached hydrogen (secondary N) is 2. The van der Waals surface area contributed by atoms with E-state index in [1.807, 2.05) is 7.05 Å². The van der Waals surface area contributed by atoms with E-state index in [2.05, 4.69) is 25.5 Å². The quantitative estimate of drug-likeness (QED) is 0.393. The first-order chi connectivity index (χ1) is 19.0. The minimum atomic E-state index is -4.82. The summed E-state index contributed by atoms with van der Waals surface area (Å²) in [4.78, 5) is 35.1. The fourth-order valence-electron chi connectivity index (χ4n) is 4.79. The van der Waals surface area contributed by atoms with E-state index in [1.165, 1.54) is 25.3 Å². The van der Waals surface area contributed by atoms with Gasteiger partial charge in [-0.05, 0) is 50.2 Å². The van der Waals surface area contributed by atoms with Crippen LogP contribution < -0.4 is 20.1 Å². The van der Waals surface area contributed by atoms with E-state index in [0.717, 1.165) is 19.5 Å². The van der Waals surface area contributed by atoms with Crippen LogP contribution in [0, 0.1) is 0 Å². The van der Waals surface area contributed by atoms with Gasteiger partial charge >= 0.3 is 6.18 Å². The number of hydrogen-bond acceptors (Lipinski definition) is 8. The zero-order valence-corrected chi connectivity index (χ0v) is 22.3. The number of likely N-dealkylation sites (N-methyl/N-ethyl adjacent to an activating group) is 1. The highest BCUT2D eigenvalue weighted by molar-refractivity contribution is 6.34. The van der Waals surface area contributed by atoms with Crippen LogP contribution in [0.25, 0.3) is 0 Å². The van der Waals surface area contributed by atoms with E-state index in [0.29, 0.717) is 18.2 Å². The number of benzene rings is 2. The summed E-state index contributed by atoms with van der Waals surface area (Å²) in [6, 6.07) is 7.58. The predicted octanol–water partition coefficient (Wildman–Crippen LogP) is 5.26. The van der Waals surface area contributed by atoms with Crippen molar-refractivity contribution in [2.45, 2.75) is 31.5 Å². The van der Waals surface area contributed by atoms with Gasteiger partial charge in [0.1, 0.15) is 17.1 Å². The third-order valence-corrected chi connectivity index (χ3v) is 7.10. The number of carbonyl (C=O) groups is 2. The van der Waals surface area contributed by atoms with Crippen LogP contribution in [0.1, 0.15) is 44.7 Å². The maximum absolute atomic E-state index is 13.8. The molecule has 0 radical (unpaired) electrons. The van der Waals surface area contributed by atoms with Crippen molar-refractivity contribution < 1.29 is 32.2 Å². The lowest BCUT2D eigenvalue weighted by atomic mass is 10.1. The van der Waals surface area contributed by atoms with E-state index >= 15 is 0 Å². The van der Waals surface area contributed by atoms with Gasteiger partial charge in [-0.15, -0.1) is 0 Å². The first kappa shape index (κ1) is 27.7. The van der Waals surface area contributed by atoms with Crippen molar-refractivity contribution in [3.8, 4) is 17.4 Å². The SMILES string of the molecule is COc1cc(C(=O)N[C@H]2CCN(C)C2)c(Cl)cc1Nc1ncc(C(F)(F)F)c(Oc2cccc3c2C(=O)CC3)n1. The number of carbonyl (C=O) groups excluding carboxylic acids is 2. The van der Waals surface area contributed by atoms with E-state index in [-0.39, 0.29) is 63.4 Å². The van der Waals surface area contributed by atoms with Gasteiger partial charge in [-0.25, -0.2) is 4.98 Å². The second kappa shape index (κ2) is 10.9. The Bertz CT molecular complexity index is 1480. The normalized spacial score (nSPS) is 17.1. The number of rotatable bonds is 7. The summed E-state index contributed by atoms with van der Waals surface area (Å²) >= 11 is 6.41. The number of nitrogens with zero attached hydrogens (tertiary/aromatic N) is 3. The van der Waals surface area contributed by atoms with Gasteiger partial charge in [-0.1, -0.05) is 23.7 Å². The number of amides is 1. The molecule has 2 aliphatic rings. The Hall–Kier alpha value is -3.90. The lowest BCUT2D eigenvalue weighted by Gasteiger charge is -2.17. The van der Waals surface area contributed by atoms with Crippen LogP contribution >= 0.6 is 11.6 Å². The molecule has 0 spiro atoms. The molecule has 1 fully saturated rings. The highest BCUT2D eigenvalue weighted by Crippen LogP contribution is 2.40. The second-order valence-corrected chi connectivity index (χ2v) is 10.0. The third kappa shape index (κ3) is 5.68. The van der Waals surface area contributed by atoms with Crippen LogP contribution in [-0.4, -0.2) is 59.8 Å². The van der Waals surface area contributed by atoms with Gasteiger partial charge < -0.3 is 25.0 Å². The first-order valence-corrected chi connectivity index (χ1v) is 12.8. The van der Waals surface area contributed by atoms with Crippen molar-refractivity contribution in [3.63, 3.8) is 0 Å². The molecule has 9 nitrogen and oxygen atoms in total. The van der Waals surface area contributed by atoms with E-state index in [9.17, 15) is 22.8 Å². The summed E-state index contributed by atoms with van der Waals surface area (Å²) in [7, 11) is 3.34. The van der Waals surface area contributed by atoms with Crippen LogP contribution in [0.5, 0.6) is 17.4 Å². The minimum absolute atomic E-state index is 0.0143. The molecule has 1 aliphatic carbocycles. The van der Waals surface area contributed by atoms with Gasteiger partial charge in [-0.3, -0.25) is 9.59 Å². The number of hydrogen-bond donors (Lipinski definition) is 2. The van der Waals surface area contributed by atoms with Gasteiger partial charge in [0.25, 0.3) is 5.91 Å². The van der Waals surface area contributed by atoms with Crippen LogP contribution in [0.4, 0.5) is 24.8 Å². The standard InChI is InChI=1S/C27H25ClF3N5O4/c1-36-9-8-15(13-36)33-24(38)16-10-22(39-2)19(11-18(16)28)34-26-32-12-17(27(29,30)31)25(35-26)40-21-5-3-4-14-6-7-20(37)23(14)21/h3-5,10-12,15H,6-9,13H2,1-2H3,(H,33,38)(H,32,34,35)/t15-/m0/s1. The third-order valence-electron chi connectivity index (χ3n) is 6.79. The molecule has 1 atom stereocenters. The summed E-state index contributed by atoms with van der Waals surface area (Å²) < 4.78 is 52.4. The summed E-state index contributed by atoms with van der Waals surface area (Å²) in [5.41, 5.74) is 0.127. The fraction of sp³-hybridized carbons (Fsp3) is 0.333. The number of ketones is 1. The largest absolute Gasteiger partial charge is 0.495 e. The molecule has 0 bridgehead atoms. The average Bonchev–Trinajstić information content (AvgIpc) is 3.48.